The molecule has 0 radical (unpaired) electrons. The second-order valence-corrected chi connectivity index (χ2v) is 17.6. The maximum absolute atomic E-state index is 2.47. The molecule has 0 spiro atoms. The summed E-state index contributed by atoms with van der Waals surface area (Å²) in [7, 11) is 1.32. The van der Waals surface area contributed by atoms with Gasteiger partial charge in [0.25, 0.3) is 0 Å². The molecule has 1 atom stereocenters. The van der Waals surface area contributed by atoms with Crippen molar-refractivity contribution in [1.29, 1.82) is 0 Å². The first kappa shape index (κ1) is 32.3. The summed E-state index contributed by atoms with van der Waals surface area (Å²) < 4.78 is 0. The van der Waals surface area contributed by atoms with Crippen molar-refractivity contribution in [2.24, 2.45) is 0 Å². The van der Waals surface area contributed by atoms with Crippen LogP contribution < -0.4 is 0 Å². The van der Waals surface area contributed by atoms with Crippen molar-refractivity contribution < 1.29 is 0 Å². The fourth-order valence-corrected chi connectivity index (χ4v) is 13.7. The van der Waals surface area contributed by atoms with Crippen LogP contribution in [0.2, 0.25) is 0 Å². The van der Waals surface area contributed by atoms with Gasteiger partial charge in [0.15, 0.2) is 0 Å². The van der Waals surface area contributed by atoms with Crippen molar-refractivity contribution in [3.63, 3.8) is 0 Å². The molecule has 0 rings (SSSR count). The average Bonchev–Trinajstić information content (AvgIpc) is 2.70. The van der Waals surface area contributed by atoms with Crippen LogP contribution in [0.15, 0.2) is 0 Å². The minimum Gasteiger partial charge on any atom is -0.147 e. The Morgan fingerprint density at radius 2 is 0.690 bits per heavy atom. The van der Waals surface area contributed by atoms with Gasteiger partial charge in [-0.05, 0) is 44.7 Å². The summed E-state index contributed by atoms with van der Waals surface area (Å²) in [5.41, 5.74) is 0. The highest BCUT2D eigenvalue weighted by molar-refractivity contribution is 8.31. The van der Waals surface area contributed by atoms with Crippen LogP contribution >= 0.6 is 27.6 Å². The van der Waals surface area contributed by atoms with Crippen LogP contribution in [-0.4, -0.2) is 24.6 Å². The Morgan fingerprint density at radius 1 is 0.414 bits per heavy atom. The van der Waals surface area contributed by atoms with Gasteiger partial charge in [-0.1, -0.05) is 105 Å². The zero-order chi connectivity index (χ0) is 20.8. The summed E-state index contributed by atoms with van der Waals surface area (Å²) in [6.45, 7) is 8.83. The lowest BCUT2D eigenvalue weighted by molar-refractivity contribution is 0.617. The van der Waals surface area contributed by atoms with Gasteiger partial charge in [0.05, 0.1) is 18.5 Å². The highest BCUT2D eigenvalue weighted by Gasteiger charge is 2.34. The molecular weight excluding hydrogens is 410 g/mol. The predicted molar refractivity (Wildman–Crippen MR) is 148 cm³/mol. The Labute approximate surface area is 195 Å². The van der Waals surface area contributed by atoms with Gasteiger partial charge in [-0.15, -0.1) is 12.4 Å². The summed E-state index contributed by atoms with van der Waals surface area (Å²) in [5.74, 6) is 0. The summed E-state index contributed by atoms with van der Waals surface area (Å²) in [5, 5.41) is 0. The van der Waals surface area contributed by atoms with E-state index in [1.54, 1.807) is 37.7 Å². The number of rotatable bonds is 23. The predicted octanol–water partition coefficient (Wildman–Crippen LogP) is 11.1. The van der Waals surface area contributed by atoms with Crippen molar-refractivity contribution in [2.75, 3.05) is 24.6 Å². The zero-order valence-corrected chi connectivity index (χ0v) is 23.6. The number of hydrogen-bond donors (Lipinski definition) is 0. The third-order valence-electron chi connectivity index (χ3n) is 6.31. The van der Waals surface area contributed by atoms with Crippen LogP contribution in [0.25, 0.3) is 0 Å². The molecule has 0 N–H and O–H groups in total. The molecule has 3 heteroatoms. The molecule has 0 aliphatic carbocycles. The molecule has 0 saturated heterocycles. The first-order chi connectivity index (χ1) is 13.7. The monoisotopic (exact) mass is 467 g/mol. The molecule has 178 valence electrons. The molecule has 0 aliphatic rings. The molecule has 0 aliphatic heterocycles. The van der Waals surface area contributed by atoms with Crippen LogP contribution in [0.5, 0.6) is 0 Å². The molecule has 0 saturated carbocycles. The Hall–Kier alpha value is 1.15. The van der Waals surface area contributed by atoms with Crippen molar-refractivity contribution in [3.05, 3.63) is 0 Å². The normalized spacial score (nSPS) is 12.0. The van der Waals surface area contributed by atoms with Crippen molar-refractivity contribution in [2.45, 2.75) is 143 Å². The van der Waals surface area contributed by atoms with Crippen molar-refractivity contribution in [3.8, 4) is 0 Å². The van der Waals surface area contributed by atoms with E-state index in [1.165, 1.54) is 111 Å². The molecular formula is C26H58ClP2+. The Morgan fingerprint density at radius 3 is 0.966 bits per heavy atom. The van der Waals surface area contributed by atoms with Crippen LogP contribution in [-0.2, 0) is 0 Å². The lowest BCUT2D eigenvalue weighted by Crippen LogP contribution is -2.06. The molecule has 0 aromatic carbocycles. The van der Waals surface area contributed by atoms with Gasteiger partial charge in [-0.25, -0.2) is 0 Å². The maximum atomic E-state index is 2.47. The van der Waals surface area contributed by atoms with E-state index in [2.05, 4.69) is 27.7 Å². The molecule has 0 fully saturated rings. The van der Waals surface area contributed by atoms with Gasteiger partial charge in [-0.2, -0.15) is 0 Å². The first-order valence-electron chi connectivity index (χ1n) is 13.4. The molecule has 1 unspecified atom stereocenters. The number of halogens is 1. The van der Waals surface area contributed by atoms with E-state index in [0.29, 0.717) is 0 Å². The van der Waals surface area contributed by atoms with Crippen LogP contribution in [0, 0.1) is 0 Å². The molecule has 29 heavy (non-hydrogen) atoms. The molecule has 0 aromatic heterocycles. The van der Waals surface area contributed by atoms with E-state index in [0.717, 1.165) is 0 Å². The zero-order valence-electron chi connectivity index (χ0n) is 20.9. The molecule has 0 bridgehead atoms. The van der Waals surface area contributed by atoms with Gasteiger partial charge >= 0.3 is 0 Å². The van der Waals surface area contributed by atoms with Gasteiger partial charge in [0.2, 0.25) is 0 Å². The fraction of sp³-hybridized carbons (Fsp3) is 1.00. The quantitative estimate of drug-likeness (QED) is 0.103. The molecule has 0 heterocycles. The van der Waals surface area contributed by atoms with Gasteiger partial charge in [-0.3, -0.25) is 0 Å². The highest BCUT2D eigenvalue weighted by atomic mass is 35.5. The average molecular weight is 468 g/mol. The van der Waals surface area contributed by atoms with E-state index in [4.69, 9.17) is 0 Å². The highest BCUT2D eigenvalue weighted by Crippen LogP contribution is 2.75. The fourth-order valence-electron chi connectivity index (χ4n) is 4.49. The van der Waals surface area contributed by atoms with Gasteiger partial charge in [0, 0.05) is 15.2 Å². The van der Waals surface area contributed by atoms with Gasteiger partial charge < -0.3 is 0 Å². The maximum Gasteiger partial charge on any atom is 0.0614 e. The third kappa shape index (κ3) is 20.8. The van der Waals surface area contributed by atoms with Crippen LogP contribution in [0.1, 0.15) is 143 Å². The second-order valence-electron chi connectivity index (χ2n) is 9.13. The summed E-state index contributed by atoms with van der Waals surface area (Å²) in [4.78, 5) is 0. The van der Waals surface area contributed by atoms with Gasteiger partial charge in [0.1, 0.15) is 0 Å². The minimum absolute atomic E-state index is 0. The van der Waals surface area contributed by atoms with Crippen molar-refractivity contribution >= 4 is 27.6 Å². The summed E-state index contributed by atoms with van der Waals surface area (Å²) in [6.07, 6.45) is 33.0. The Kier molecular flexibility index (Phi) is 28.3. The van der Waals surface area contributed by atoms with E-state index in [1.807, 2.05) is 0 Å². The number of unbranched alkanes of at least 4 members (excludes halogenated alkanes) is 15. The largest absolute Gasteiger partial charge is 0.147 e. The van der Waals surface area contributed by atoms with E-state index >= 15 is 0 Å². The molecule has 0 amide bonds. The van der Waals surface area contributed by atoms with E-state index in [9.17, 15) is 0 Å². The number of hydrogen-bond acceptors (Lipinski definition) is 0. The van der Waals surface area contributed by atoms with E-state index < -0.39 is 6.95 Å². The first-order valence-corrected chi connectivity index (χ1v) is 17.7. The minimum atomic E-state index is -0.635. The van der Waals surface area contributed by atoms with E-state index in [-0.39, 0.29) is 12.4 Å². The summed E-state index contributed by atoms with van der Waals surface area (Å²) in [6, 6.07) is 0. The Bertz CT molecular complexity index is 256. The van der Waals surface area contributed by atoms with Crippen LogP contribution in [0.3, 0.4) is 0 Å². The SMILES string of the molecule is CCCCCCCC[P+](CCCCCCCC)(CCCCCCCC)PCC.Cl. The van der Waals surface area contributed by atoms with Crippen LogP contribution in [0.4, 0.5) is 0 Å². The summed E-state index contributed by atoms with van der Waals surface area (Å²) >= 11 is 0. The smallest absolute Gasteiger partial charge is 0.0614 e. The lowest BCUT2D eigenvalue weighted by atomic mass is 10.1. The lowest BCUT2D eigenvalue weighted by Gasteiger charge is -2.27. The Balaban J connectivity index is 0. The topological polar surface area (TPSA) is 0 Å². The standard InChI is InChI=1S/C26H57P2.ClH/c1-5-9-12-15-18-21-24-28(27-8-4,25-22-19-16-13-10-6-2)26-23-20-17-14-11-7-3;/h27H,5-26H2,1-4H3;1H/q+1;. The second kappa shape index (κ2) is 25.4. The molecule has 0 nitrogen and oxygen atoms in total. The van der Waals surface area contributed by atoms with Crippen molar-refractivity contribution in [1.82, 2.24) is 0 Å². The third-order valence-corrected chi connectivity index (χ3v) is 15.8. The molecule has 0 aromatic rings.